The van der Waals surface area contributed by atoms with E-state index in [-0.39, 0.29) is 16.9 Å². The Bertz CT molecular complexity index is 1040. The number of carbonyl (C=O) groups excluding carboxylic acids is 1. The summed E-state index contributed by atoms with van der Waals surface area (Å²) >= 11 is 0. The fraction of sp³-hybridized carbons (Fsp3) is 0.391. The minimum atomic E-state index is -0.203. The quantitative estimate of drug-likeness (QED) is 0.699. The van der Waals surface area contributed by atoms with Crippen molar-refractivity contribution in [1.29, 1.82) is 0 Å². The first kappa shape index (κ1) is 19.3. The molecule has 1 aliphatic rings. The molecule has 2 heterocycles. The van der Waals surface area contributed by atoms with Crippen molar-refractivity contribution in [3.63, 3.8) is 0 Å². The van der Waals surface area contributed by atoms with Crippen LogP contribution in [0.4, 0.5) is 0 Å². The van der Waals surface area contributed by atoms with E-state index in [1.807, 2.05) is 36.4 Å². The molecule has 1 amide bonds. The van der Waals surface area contributed by atoms with Crippen LogP contribution in [0.25, 0.3) is 10.9 Å². The van der Waals surface area contributed by atoms with E-state index >= 15 is 0 Å². The molecule has 1 fully saturated rings. The van der Waals surface area contributed by atoms with E-state index in [1.165, 1.54) is 6.42 Å². The first-order valence-corrected chi connectivity index (χ1v) is 10.3. The zero-order valence-corrected chi connectivity index (χ0v) is 16.5. The van der Waals surface area contributed by atoms with Crippen molar-refractivity contribution in [3.8, 4) is 0 Å². The summed E-state index contributed by atoms with van der Waals surface area (Å²) in [5.74, 6) is 0.0255. The van der Waals surface area contributed by atoms with Crippen LogP contribution in [0, 0.1) is 5.41 Å². The molecule has 0 aliphatic heterocycles. The number of para-hydroxylation sites is 1. The van der Waals surface area contributed by atoms with Crippen molar-refractivity contribution in [2.24, 2.45) is 5.41 Å². The summed E-state index contributed by atoms with van der Waals surface area (Å²) in [6.07, 6.45) is 10.8. The van der Waals surface area contributed by atoms with Crippen LogP contribution >= 0.6 is 0 Å². The third-order valence-electron chi connectivity index (χ3n) is 5.90. The lowest BCUT2D eigenvalue weighted by Gasteiger charge is -2.37. The van der Waals surface area contributed by atoms with Gasteiger partial charge in [0.05, 0.1) is 17.2 Å². The number of hydrogen-bond acceptors (Lipinski definition) is 4. The minimum Gasteiger partial charge on any atom is -0.352 e. The Kier molecular flexibility index (Phi) is 5.69. The Labute approximate surface area is 170 Å². The van der Waals surface area contributed by atoms with Gasteiger partial charge in [0.1, 0.15) is 0 Å². The average molecular weight is 390 g/mol. The molecule has 4 rings (SSSR count). The molecule has 6 heteroatoms. The molecule has 2 aromatic heterocycles. The second-order valence-corrected chi connectivity index (χ2v) is 8.07. The van der Waals surface area contributed by atoms with Crippen molar-refractivity contribution in [2.45, 2.75) is 51.6 Å². The number of aromatic nitrogens is 3. The summed E-state index contributed by atoms with van der Waals surface area (Å²) in [7, 11) is 0. The number of amides is 1. The standard InChI is InChI=1S/C23H26N4O2/c28-21(25-15-18-7-6-12-24-14-18)13-23(10-4-1-5-11-23)16-27-17-26-20-9-3-2-8-19(20)22(27)29/h2-3,6-9,12,14,17H,1,4-5,10-11,13,15-16H2,(H,25,28). The molecule has 3 aromatic rings. The molecule has 0 spiro atoms. The van der Waals surface area contributed by atoms with Gasteiger partial charge in [-0.2, -0.15) is 0 Å². The van der Waals surface area contributed by atoms with Gasteiger partial charge in [0.25, 0.3) is 5.56 Å². The molecule has 1 N–H and O–H groups in total. The number of nitrogens with zero attached hydrogens (tertiary/aromatic N) is 3. The second kappa shape index (κ2) is 8.55. The number of rotatable bonds is 6. The van der Waals surface area contributed by atoms with E-state index in [4.69, 9.17) is 0 Å². The van der Waals surface area contributed by atoms with E-state index in [9.17, 15) is 9.59 Å². The minimum absolute atomic E-state index is 0.0255. The first-order valence-electron chi connectivity index (χ1n) is 10.3. The molecular formula is C23H26N4O2. The first-order chi connectivity index (χ1) is 14.2. The molecule has 1 aromatic carbocycles. The summed E-state index contributed by atoms with van der Waals surface area (Å²) < 4.78 is 1.70. The highest BCUT2D eigenvalue weighted by Crippen LogP contribution is 2.40. The van der Waals surface area contributed by atoms with Crippen molar-refractivity contribution >= 4 is 16.8 Å². The van der Waals surface area contributed by atoms with Gasteiger partial charge in [-0.3, -0.25) is 19.1 Å². The molecule has 0 radical (unpaired) electrons. The van der Waals surface area contributed by atoms with Crippen molar-refractivity contribution in [1.82, 2.24) is 19.9 Å². The number of nitrogens with one attached hydrogen (secondary N) is 1. The predicted molar refractivity (Wildman–Crippen MR) is 112 cm³/mol. The van der Waals surface area contributed by atoms with Crippen LogP contribution in [-0.4, -0.2) is 20.4 Å². The Morgan fingerprint density at radius 1 is 1.10 bits per heavy atom. The molecule has 29 heavy (non-hydrogen) atoms. The topological polar surface area (TPSA) is 76.9 Å². The molecule has 6 nitrogen and oxygen atoms in total. The number of carbonyl (C=O) groups is 1. The lowest BCUT2D eigenvalue weighted by Crippen LogP contribution is -2.38. The highest BCUT2D eigenvalue weighted by Gasteiger charge is 2.35. The summed E-state index contributed by atoms with van der Waals surface area (Å²) in [5.41, 5.74) is 1.45. The van der Waals surface area contributed by atoms with E-state index < -0.39 is 0 Å². The van der Waals surface area contributed by atoms with Gasteiger partial charge in [-0.1, -0.05) is 37.5 Å². The fourth-order valence-electron chi connectivity index (χ4n) is 4.38. The van der Waals surface area contributed by atoms with Crippen LogP contribution < -0.4 is 10.9 Å². The molecule has 0 saturated heterocycles. The van der Waals surface area contributed by atoms with Crippen molar-refractivity contribution in [3.05, 3.63) is 71.0 Å². The molecule has 0 atom stereocenters. The van der Waals surface area contributed by atoms with Gasteiger partial charge in [0.2, 0.25) is 5.91 Å². The molecular weight excluding hydrogens is 364 g/mol. The van der Waals surface area contributed by atoms with Crippen LogP contribution in [0.1, 0.15) is 44.1 Å². The van der Waals surface area contributed by atoms with Crippen LogP contribution in [0.15, 0.2) is 59.9 Å². The predicted octanol–water partition coefficient (Wildman–Crippen LogP) is 3.45. The third-order valence-corrected chi connectivity index (χ3v) is 5.90. The lowest BCUT2D eigenvalue weighted by atomic mass is 9.71. The number of hydrogen-bond donors (Lipinski definition) is 1. The molecule has 1 aliphatic carbocycles. The Morgan fingerprint density at radius 3 is 2.72 bits per heavy atom. The second-order valence-electron chi connectivity index (χ2n) is 8.07. The zero-order valence-electron chi connectivity index (χ0n) is 16.5. The van der Waals surface area contributed by atoms with Crippen LogP contribution in [0.5, 0.6) is 0 Å². The van der Waals surface area contributed by atoms with Gasteiger partial charge < -0.3 is 5.32 Å². The van der Waals surface area contributed by atoms with E-state index in [2.05, 4.69) is 15.3 Å². The van der Waals surface area contributed by atoms with Crippen LogP contribution in [-0.2, 0) is 17.9 Å². The maximum absolute atomic E-state index is 13.0. The zero-order chi connectivity index (χ0) is 20.1. The Hall–Kier alpha value is -3.02. The van der Waals surface area contributed by atoms with Gasteiger partial charge >= 0.3 is 0 Å². The van der Waals surface area contributed by atoms with E-state index in [0.717, 1.165) is 31.2 Å². The average Bonchev–Trinajstić information content (AvgIpc) is 2.76. The van der Waals surface area contributed by atoms with E-state index in [0.29, 0.717) is 30.4 Å². The van der Waals surface area contributed by atoms with Gasteiger partial charge in [-0.05, 0) is 42.0 Å². The normalized spacial score (nSPS) is 15.9. The van der Waals surface area contributed by atoms with Crippen LogP contribution in [0.2, 0.25) is 0 Å². The summed E-state index contributed by atoms with van der Waals surface area (Å²) in [4.78, 5) is 34.2. The Morgan fingerprint density at radius 2 is 1.93 bits per heavy atom. The maximum Gasteiger partial charge on any atom is 0.261 e. The molecule has 1 saturated carbocycles. The smallest absolute Gasteiger partial charge is 0.261 e. The lowest BCUT2D eigenvalue weighted by molar-refractivity contribution is -0.124. The Balaban J connectivity index is 1.52. The SMILES string of the molecule is O=C(CC1(Cn2cnc3ccccc3c2=O)CCCCC1)NCc1cccnc1. The van der Waals surface area contributed by atoms with Crippen LogP contribution in [0.3, 0.4) is 0 Å². The monoisotopic (exact) mass is 390 g/mol. The summed E-state index contributed by atoms with van der Waals surface area (Å²) in [6.45, 7) is 1.00. The van der Waals surface area contributed by atoms with Gasteiger partial charge in [-0.15, -0.1) is 0 Å². The molecule has 150 valence electrons. The molecule has 0 unspecified atom stereocenters. The number of pyridine rings is 1. The highest BCUT2D eigenvalue weighted by molar-refractivity contribution is 5.77. The summed E-state index contributed by atoms with van der Waals surface area (Å²) in [6, 6.07) is 11.2. The van der Waals surface area contributed by atoms with Crippen molar-refractivity contribution in [2.75, 3.05) is 0 Å². The van der Waals surface area contributed by atoms with Crippen molar-refractivity contribution < 1.29 is 4.79 Å². The highest BCUT2D eigenvalue weighted by atomic mass is 16.1. The maximum atomic E-state index is 13.0. The van der Waals surface area contributed by atoms with E-state index in [1.54, 1.807) is 23.3 Å². The number of fused-ring (bicyclic) bond motifs is 1. The largest absolute Gasteiger partial charge is 0.352 e. The summed E-state index contributed by atoms with van der Waals surface area (Å²) in [5, 5.41) is 3.65. The fourth-order valence-corrected chi connectivity index (χ4v) is 4.38. The number of benzene rings is 1. The van der Waals surface area contributed by atoms with Gasteiger partial charge in [0, 0.05) is 31.9 Å². The van der Waals surface area contributed by atoms with Gasteiger partial charge in [0.15, 0.2) is 0 Å². The molecule has 0 bridgehead atoms. The van der Waals surface area contributed by atoms with Gasteiger partial charge in [-0.25, -0.2) is 4.98 Å². The third kappa shape index (κ3) is 4.53.